The third-order valence-electron chi connectivity index (χ3n) is 4.12. The Hall–Kier alpha value is -2.50. The molecule has 0 aromatic heterocycles. The smallest absolute Gasteiger partial charge is 0.344 e. The van der Waals surface area contributed by atoms with Crippen LogP contribution in [0.1, 0.15) is 31.2 Å². The van der Waals surface area contributed by atoms with Crippen molar-refractivity contribution < 1.29 is 23.8 Å². The fraction of sp³-hybridized carbons (Fsp3) is 0.400. The van der Waals surface area contributed by atoms with Crippen LogP contribution < -0.4 is 4.74 Å². The van der Waals surface area contributed by atoms with Gasteiger partial charge in [-0.1, -0.05) is 37.0 Å². The quantitative estimate of drug-likeness (QED) is 0.392. The molecule has 1 atom stereocenters. The van der Waals surface area contributed by atoms with Crippen LogP contribution in [0.25, 0.3) is 10.8 Å². The number of carbonyl (C=O) groups excluding carboxylic acids is 2. The molecule has 0 heterocycles. The molecule has 2 aromatic rings. The Bertz CT molecular complexity index is 759. The van der Waals surface area contributed by atoms with E-state index in [0.29, 0.717) is 12.7 Å². The number of benzene rings is 2. The van der Waals surface area contributed by atoms with Gasteiger partial charge in [-0.3, -0.25) is 4.79 Å². The first-order chi connectivity index (χ1) is 12.5. The number of methoxy groups -OCH3 is 1. The van der Waals surface area contributed by atoms with Gasteiger partial charge in [0.2, 0.25) is 0 Å². The van der Waals surface area contributed by atoms with Crippen LogP contribution in [0.2, 0.25) is 6.32 Å². The van der Waals surface area contributed by atoms with E-state index < -0.39 is 17.9 Å². The molecule has 1 unspecified atom stereocenters. The minimum Gasteiger partial charge on any atom is -0.497 e. The fourth-order valence-electron chi connectivity index (χ4n) is 2.50. The second-order valence-electron chi connectivity index (χ2n) is 6.02. The second-order valence-corrected chi connectivity index (χ2v) is 6.02. The van der Waals surface area contributed by atoms with E-state index >= 15 is 0 Å². The van der Waals surface area contributed by atoms with Gasteiger partial charge in [-0.05, 0) is 41.8 Å². The zero-order valence-corrected chi connectivity index (χ0v) is 15.2. The number of esters is 2. The lowest BCUT2D eigenvalue weighted by Gasteiger charge is -2.13. The molecule has 0 aliphatic carbocycles. The van der Waals surface area contributed by atoms with E-state index in [1.807, 2.05) is 36.4 Å². The SMILES string of the molecule is [B]CCCCOC(=O)COC(=O)C(C)c1ccc2cc(OC)ccc2c1. The van der Waals surface area contributed by atoms with Gasteiger partial charge in [0.25, 0.3) is 0 Å². The molecule has 136 valence electrons. The molecule has 0 N–H and O–H groups in total. The van der Waals surface area contributed by atoms with Crippen LogP contribution >= 0.6 is 0 Å². The van der Waals surface area contributed by atoms with Gasteiger partial charge in [0.15, 0.2) is 6.61 Å². The highest BCUT2D eigenvalue weighted by molar-refractivity contribution is 6.08. The summed E-state index contributed by atoms with van der Waals surface area (Å²) in [7, 11) is 6.99. The molecule has 2 rings (SSSR count). The Morgan fingerprint density at radius 1 is 1.04 bits per heavy atom. The zero-order valence-electron chi connectivity index (χ0n) is 15.2. The molecule has 2 aromatic carbocycles. The van der Waals surface area contributed by atoms with Crippen LogP contribution in [-0.4, -0.2) is 40.1 Å². The fourth-order valence-corrected chi connectivity index (χ4v) is 2.50. The summed E-state index contributed by atoms with van der Waals surface area (Å²) in [5.74, 6) is -0.709. The highest BCUT2D eigenvalue weighted by Crippen LogP contribution is 2.25. The van der Waals surface area contributed by atoms with Crippen molar-refractivity contribution in [3.05, 3.63) is 42.0 Å². The number of unbranched alkanes of at least 4 members (excludes halogenated alkanes) is 1. The summed E-state index contributed by atoms with van der Waals surface area (Å²) >= 11 is 0. The average Bonchev–Trinajstić information content (AvgIpc) is 2.67. The maximum absolute atomic E-state index is 12.2. The molecule has 2 radical (unpaired) electrons. The number of hydrogen-bond acceptors (Lipinski definition) is 5. The lowest BCUT2D eigenvalue weighted by Crippen LogP contribution is -2.20. The van der Waals surface area contributed by atoms with Gasteiger partial charge in [-0.2, -0.15) is 0 Å². The molecular weight excluding hydrogens is 331 g/mol. The van der Waals surface area contributed by atoms with Gasteiger partial charge in [0.1, 0.15) is 5.75 Å². The van der Waals surface area contributed by atoms with Gasteiger partial charge >= 0.3 is 11.9 Å². The minimum absolute atomic E-state index is 0.289. The van der Waals surface area contributed by atoms with Crippen LogP contribution in [0.3, 0.4) is 0 Å². The Morgan fingerprint density at radius 2 is 1.77 bits per heavy atom. The summed E-state index contributed by atoms with van der Waals surface area (Å²) in [5, 5.41) is 2.02. The number of rotatable bonds is 9. The summed E-state index contributed by atoms with van der Waals surface area (Å²) < 4.78 is 15.3. The first kappa shape index (κ1) is 19.8. The molecule has 0 spiro atoms. The largest absolute Gasteiger partial charge is 0.497 e. The van der Waals surface area contributed by atoms with Crippen molar-refractivity contribution in [2.45, 2.75) is 32.0 Å². The van der Waals surface area contributed by atoms with Gasteiger partial charge in [-0.15, -0.1) is 0 Å². The normalized spacial score (nSPS) is 11.8. The number of fused-ring (bicyclic) bond motifs is 1. The molecule has 6 heteroatoms. The maximum Gasteiger partial charge on any atom is 0.344 e. The van der Waals surface area contributed by atoms with Crippen molar-refractivity contribution in [2.24, 2.45) is 0 Å². The standard InChI is InChI=1S/C20H23BO5/c1-14(20(23)26-13-19(22)25-10-4-3-9-21)15-5-6-17-12-18(24-2)8-7-16(17)11-15/h5-8,11-12,14H,3-4,9-10,13H2,1-2H3. The van der Waals surface area contributed by atoms with Crippen molar-refractivity contribution >= 4 is 30.6 Å². The predicted octanol–water partition coefficient (Wildman–Crippen LogP) is 3.41. The van der Waals surface area contributed by atoms with E-state index in [4.69, 9.17) is 22.1 Å². The lowest BCUT2D eigenvalue weighted by atomic mass is 9.98. The summed E-state index contributed by atoms with van der Waals surface area (Å²) in [4.78, 5) is 23.8. The van der Waals surface area contributed by atoms with Gasteiger partial charge in [0.05, 0.1) is 27.5 Å². The highest BCUT2D eigenvalue weighted by atomic mass is 16.6. The van der Waals surface area contributed by atoms with Crippen molar-refractivity contribution in [1.82, 2.24) is 0 Å². The minimum atomic E-state index is -0.548. The first-order valence-electron chi connectivity index (χ1n) is 8.65. The van der Waals surface area contributed by atoms with Crippen LogP contribution in [0.4, 0.5) is 0 Å². The van der Waals surface area contributed by atoms with Gasteiger partial charge in [0, 0.05) is 0 Å². The van der Waals surface area contributed by atoms with Crippen LogP contribution in [0.15, 0.2) is 36.4 Å². The maximum atomic E-state index is 12.2. The highest BCUT2D eigenvalue weighted by Gasteiger charge is 2.19. The molecule has 26 heavy (non-hydrogen) atoms. The lowest BCUT2D eigenvalue weighted by molar-refractivity contribution is -0.159. The summed E-state index contributed by atoms with van der Waals surface area (Å²) in [5.41, 5.74) is 0.823. The Kier molecular flexibility index (Phi) is 7.51. The number of carbonyl (C=O) groups is 2. The number of hydrogen-bond donors (Lipinski definition) is 0. The Morgan fingerprint density at radius 3 is 2.50 bits per heavy atom. The van der Waals surface area contributed by atoms with Crippen molar-refractivity contribution in [1.29, 1.82) is 0 Å². The second kappa shape index (κ2) is 9.85. The number of ether oxygens (including phenoxy) is 3. The van der Waals surface area contributed by atoms with E-state index in [9.17, 15) is 9.59 Å². The van der Waals surface area contributed by atoms with Crippen molar-refractivity contribution in [3.63, 3.8) is 0 Å². The molecule has 0 aliphatic rings. The van der Waals surface area contributed by atoms with Crippen LogP contribution in [0, 0.1) is 0 Å². The Balaban J connectivity index is 1.91. The molecule has 0 saturated carbocycles. The topological polar surface area (TPSA) is 61.8 Å². The van der Waals surface area contributed by atoms with E-state index in [0.717, 1.165) is 28.5 Å². The summed E-state index contributed by atoms with van der Waals surface area (Å²) in [6.07, 6.45) is 2.05. The molecular formula is C20H23BO5. The third kappa shape index (κ3) is 5.51. The third-order valence-corrected chi connectivity index (χ3v) is 4.12. The first-order valence-corrected chi connectivity index (χ1v) is 8.65. The van der Waals surface area contributed by atoms with E-state index in [-0.39, 0.29) is 13.2 Å². The zero-order chi connectivity index (χ0) is 18.9. The molecule has 0 bridgehead atoms. The summed E-state index contributed by atoms with van der Waals surface area (Å²) in [6.45, 7) is 1.66. The average molecular weight is 354 g/mol. The van der Waals surface area contributed by atoms with Crippen molar-refractivity contribution in [2.75, 3.05) is 20.3 Å². The monoisotopic (exact) mass is 354 g/mol. The van der Waals surface area contributed by atoms with Gasteiger partial charge in [-0.25, -0.2) is 4.79 Å². The molecule has 0 aliphatic heterocycles. The Labute approximate surface area is 155 Å². The summed E-state index contributed by atoms with van der Waals surface area (Å²) in [6, 6.07) is 11.5. The predicted molar refractivity (Wildman–Crippen MR) is 101 cm³/mol. The van der Waals surface area contributed by atoms with Crippen LogP contribution in [-0.2, 0) is 19.1 Å². The van der Waals surface area contributed by atoms with Crippen LogP contribution in [0.5, 0.6) is 5.75 Å². The van der Waals surface area contributed by atoms with Crippen molar-refractivity contribution in [3.8, 4) is 5.75 Å². The molecule has 0 saturated heterocycles. The van der Waals surface area contributed by atoms with E-state index in [1.54, 1.807) is 14.0 Å². The molecule has 0 fully saturated rings. The molecule has 0 amide bonds. The van der Waals surface area contributed by atoms with E-state index in [1.165, 1.54) is 0 Å². The van der Waals surface area contributed by atoms with E-state index in [2.05, 4.69) is 0 Å². The molecule has 5 nitrogen and oxygen atoms in total. The van der Waals surface area contributed by atoms with Gasteiger partial charge < -0.3 is 14.2 Å².